The van der Waals surface area contributed by atoms with E-state index in [2.05, 4.69) is 10.1 Å². The average molecular weight is 259 g/mol. The quantitative estimate of drug-likeness (QED) is 0.666. The second kappa shape index (κ2) is 7.11. The first-order valence-electron chi connectivity index (χ1n) is 5.16. The van der Waals surface area contributed by atoms with Gasteiger partial charge in [-0.2, -0.15) is 0 Å². The number of nitrogens with two attached hydrogens (primary N) is 1. The van der Waals surface area contributed by atoms with Crippen LogP contribution in [0.4, 0.5) is 4.79 Å². The van der Waals surface area contributed by atoms with Gasteiger partial charge in [0.05, 0.1) is 6.10 Å². The molecule has 6 heteroatoms. The predicted octanol–water partition coefficient (Wildman–Crippen LogP) is 1.06. The fourth-order valence-electron chi connectivity index (χ4n) is 1.27. The number of aliphatic hydroxyl groups is 1. The van der Waals surface area contributed by atoms with Gasteiger partial charge < -0.3 is 20.9 Å². The number of carbonyl (C=O) groups is 1. The Bertz CT molecular complexity index is 356. The lowest BCUT2D eigenvalue weighted by Crippen LogP contribution is -2.27. The topological polar surface area (TPSA) is 84.6 Å². The van der Waals surface area contributed by atoms with Crippen LogP contribution in [0.5, 0.6) is 0 Å². The Hall–Kier alpha value is -1.30. The van der Waals surface area contributed by atoms with Crippen molar-refractivity contribution in [2.45, 2.75) is 6.10 Å². The highest BCUT2D eigenvalue weighted by Crippen LogP contribution is 2.15. The van der Waals surface area contributed by atoms with Crippen LogP contribution in [0.3, 0.4) is 0 Å². The van der Waals surface area contributed by atoms with Crippen molar-refractivity contribution in [1.29, 1.82) is 0 Å². The number of halogens is 1. The highest BCUT2D eigenvalue weighted by molar-refractivity contribution is 6.30. The van der Waals surface area contributed by atoms with Crippen LogP contribution in [-0.2, 0) is 4.74 Å². The second-order valence-electron chi connectivity index (χ2n) is 3.44. The molecule has 0 saturated carbocycles. The van der Waals surface area contributed by atoms with Crippen LogP contribution in [0.15, 0.2) is 24.3 Å². The van der Waals surface area contributed by atoms with E-state index in [-0.39, 0.29) is 6.61 Å². The third-order valence-corrected chi connectivity index (χ3v) is 2.37. The first-order chi connectivity index (χ1) is 8.09. The van der Waals surface area contributed by atoms with E-state index in [4.69, 9.17) is 17.3 Å². The highest BCUT2D eigenvalue weighted by Gasteiger charge is 2.06. The molecule has 0 aliphatic heterocycles. The number of ether oxygens (including phenoxy) is 1. The molecule has 17 heavy (non-hydrogen) atoms. The number of benzene rings is 1. The molecule has 94 valence electrons. The standard InChI is InChI=1S/C11H15ClN2O3/c12-9-3-1-8(2-4-9)10(15)7-14-5-6-17-11(13)16/h1-4,10,14-15H,5-7H2,(H2,13,16). The van der Waals surface area contributed by atoms with Crippen LogP contribution in [-0.4, -0.2) is 30.9 Å². The number of aliphatic hydroxyl groups excluding tert-OH is 1. The van der Waals surface area contributed by atoms with Gasteiger partial charge in [0.2, 0.25) is 0 Å². The average Bonchev–Trinajstić information content (AvgIpc) is 2.29. The molecule has 1 aromatic carbocycles. The molecule has 1 aromatic rings. The molecule has 1 unspecified atom stereocenters. The molecule has 0 aromatic heterocycles. The van der Waals surface area contributed by atoms with Crippen LogP contribution in [0, 0.1) is 0 Å². The summed E-state index contributed by atoms with van der Waals surface area (Å²) in [6, 6.07) is 6.95. The first-order valence-corrected chi connectivity index (χ1v) is 5.54. The molecule has 1 amide bonds. The molecule has 0 spiro atoms. The Morgan fingerprint density at radius 2 is 2.12 bits per heavy atom. The summed E-state index contributed by atoms with van der Waals surface area (Å²) in [7, 11) is 0. The minimum absolute atomic E-state index is 0.183. The van der Waals surface area contributed by atoms with E-state index in [1.54, 1.807) is 24.3 Å². The van der Waals surface area contributed by atoms with Gasteiger partial charge in [-0.3, -0.25) is 0 Å². The molecule has 4 N–H and O–H groups in total. The van der Waals surface area contributed by atoms with Gasteiger partial charge in [-0.25, -0.2) is 4.79 Å². The summed E-state index contributed by atoms with van der Waals surface area (Å²) in [6.07, 6.45) is -1.43. The molecular formula is C11H15ClN2O3. The van der Waals surface area contributed by atoms with Crippen molar-refractivity contribution in [3.63, 3.8) is 0 Å². The molecule has 0 heterocycles. The summed E-state index contributed by atoms with van der Waals surface area (Å²) in [5, 5.41) is 13.3. The molecule has 0 radical (unpaired) electrons. The van der Waals surface area contributed by atoms with Gasteiger partial charge in [0.25, 0.3) is 0 Å². The lowest BCUT2D eigenvalue weighted by atomic mass is 10.1. The van der Waals surface area contributed by atoms with E-state index < -0.39 is 12.2 Å². The maximum absolute atomic E-state index is 10.3. The third-order valence-electron chi connectivity index (χ3n) is 2.12. The fourth-order valence-corrected chi connectivity index (χ4v) is 1.39. The molecular weight excluding hydrogens is 244 g/mol. The molecule has 1 atom stereocenters. The van der Waals surface area contributed by atoms with Crippen molar-refractivity contribution in [2.24, 2.45) is 5.73 Å². The molecule has 0 fully saturated rings. The SMILES string of the molecule is NC(=O)OCCNCC(O)c1ccc(Cl)cc1. The Labute approximate surface area is 105 Å². The van der Waals surface area contributed by atoms with Crippen LogP contribution in [0.25, 0.3) is 0 Å². The lowest BCUT2D eigenvalue weighted by Gasteiger charge is -2.12. The zero-order valence-corrected chi connectivity index (χ0v) is 9.98. The van der Waals surface area contributed by atoms with Crippen molar-refractivity contribution in [3.8, 4) is 0 Å². The van der Waals surface area contributed by atoms with Gasteiger partial charge in [-0.1, -0.05) is 23.7 Å². The molecule has 5 nitrogen and oxygen atoms in total. The van der Waals surface area contributed by atoms with Crippen LogP contribution in [0.2, 0.25) is 5.02 Å². The summed E-state index contributed by atoms with van der Waals surface area (Å²) in [5.41, 5.74) is 5.56. The molecule has 0 saturated heterocycles. The van der Waals surface area contributed by atoms with E-state index in [0.717, 1.165) is 5.56 Å². The van der Waals surface area contributed by atoms with Crippen LogP contribution < -0.4 is 11.1 Å². The second-order valence-corrected chi connectivity index (χ2v) is 3.88. The van der Waals surface area contributed by atoms with Gasteiger partial charge in [0.1, 0.15) is 6.61 Å². The summed E-state index contributed by atoms with van der Waals surface area (Å²) in [4.78, 5) is 10.3. The van der Waals surface area contributed by atoms with E-state index in [1.807, 2.05) is 0 Å². The molecule has 0 aliphatic carbocycles. The minimum atomic E-state index is -0.801. The number of nitrogens with one attached hydrogen (secondary N) is 1. The van der Waals surface area contributed by atoms with Gasteiger partial charge in [0.15, 0.2) is 0 Å². The molecule has 0 aliphatic rings. The van der Waals surface area contributed by atoms with Crippen LogP contribution in [0.1, 0.15) is 11.7 Å². The predicted molar refractivity (Wildman–Crippen MR) is 64.8 cm³/mol. The maximum atomic E-state index is 10.3. The van der Waals surface area contributed by atoms with E-state index in [0.29, 0.717) is 18.1 Å². The van der Waals surface area contributed by atoms with Crippen molar-refractivity contribution in [2.75, 3.05) is 19.7 Å². The van der Waals surface area contributed by atoms with Gasteiger partial charge in [0, 0.05) is 18.1 Å². The van der Waals surface area contributed by atoms with Gasteiger partial charge >= 0.3 is 6.09 Å². The monoisotopic (exact) mass is 258 g/mol. The normalized spacial score (nSPS) is 12.1. The molecule has 1 rings (SSSR count). The van der Waals surface area contributed by atoms with Crippen LogP contribution >= 0.6 is 11.6 Å². The van der Waals surface area contributed by atoms with Gasteiger partial charge in [-0.15, -0.1) is 0 Å². The summed E-state index contributed by atoms with van der Waals surface area (Å²) in [6.45, 7) is 0.986. The van der Waals surface area contributed by atoms with E-state index in [9.17, 15) is 9.90 Å². The Balaban J connectivity index is 2.23. The smallest absolute Gasteiger partial charge is 0.404 e. The zero-order chi connectivity index (χ0) is 12.7. The number of hydrogen-bond donors (Lipinski definition) is 3. The summed E-state index contributed by atoms with van der Waals surface area (Å²) >= 11 is 5.73. The fraction of sp³-hybridized carbons (Fsp3) is 0.364. The van der Waals surface area contributed by atoms with Crippen molar-refractivity contribution in [3.05, 3.63) is 34.9 Å². The van der Waals surface area contributed by atoms with Gasteiger partial charge in [-0.05, 0) is 17.7 Å². The molecule has 0 bridgehead atoms. The van der Waals surface area contributed by atoms with Crippen molar-refractivity contribution in [1.82, 2.24) is 5.32 Å². The summed E-state index contributed by atoms with van der Waals surface area (Å²) < 4.78 is 4.52. The Kier molecular flexibility index (Phi) is 5.76. The number of hydrogen-bond acceptors (Lipinski definition) is 4. The Morgan fingerprint density at radius 3 is 2.71 bits per heavy atom. The lowest BCUT2D eigenvalue weighted by molar-refractivity contribution is 0.149. The zero-order valence-electron chi connectivity index (χ0n) is 9.23. The number of carbonyl (C=O) groups excluding carboxylic acids is 1. The number of primary amides is 1. The van der Waals surface area contributed by atoms with Crippen molar-refractivity contribution < 1.29 is 14.6 Å². The van der Waals surface area contributed by atoms with E-state index >= 15 is 0 Å². The number of rotatable bonds is 6. The highest BCUT2D eigenvalue weighted by atomic mass is 35.5. The van der Waals surface area contributed by atoms with E-state index in [1.165, 1.54) is 0 Å². The summed E-state index contributed by atoms with van der Waals surface area (Å²) in [5.74, 6) is 0. The largest absolute Gasteiger partial charge is 0.448 e. The first kappa shape index (κ1) is 13.8. The number of amides is 1. The maximum Gasteiger partial charge on any atom is 0.404 e. The Morgan fingerprint density at radius 1 is 1.47 bits per heavy atom. The minimum Gasteiger partial charge on any atom is -0.448 e. The third kappa shape index (κ3) is 5.53. The van der Waals surface area contributed by atoms with Crippen molar-refractivity contribution >= 4 is 17.7 Å².